The summed E-state index contributed by atoms with van der Waals surface area (Å²) in [6.45, 7) is 4.35. The van der Waals surface area contributed by atoms with Crippen LogP contribution >= 0.6 is 34.7 Å². The van der Waals surface area contributed by atoms with Gasteiger partial charge in [-0.2, -0.15) is 0 Å². The summed E-state index contributed by atoms with van der Waals surface area (Å²) >= 11 is 8.94. The molecule has 0 bridgehead atoms. The highest BCUT2D eigenvalue weighted by Gasteiger charge is 1.99. The summed E-state index contributed by atoms with van der Waals surface area (Å²) in [5.41, 5.74) is 0.816. The van der Waals surface area contributed by atoms with Crippen molar-refractivity contribution in [1.29, 1.82) is 0 Å². The highest BCUT2D eigenvalue weighted by molar-refractivity contribution is 7.99. The Kier molecular flexibility index (Phi) is 6.02. The predicted molar refractivity (Wildman–Crippen MR) is 107 cm³/mol. The maximum absolute atomic E-state index is 11.7. The molecule has 0 spiro atoms. The van der Waals surface area contributed by atoms with Crippen molar-refractivity contribution in [3.05, 3.63) is 78.7 Å². The van der Waals surface area contributed by atoms with Gasteiger partial charge in [-0.1, -0.05) is 30.3 Å². The van der Waals surface area contributed by atoms with Crippen LogP contribution in [0.25, 0.3) is 12.7 Å². The SMILES string of the molecule is C=c1[nH]c(=O)c(=Cc2cccc(OCCSc3ccc(Cl)cc3)c2)s1. The Bertz CT molecular complexity index is 1010. The third-order valence-corrected chi connectivity index (χ3v) is 5.40. The zero-order valence-electron chi connectivity index (χ0n) is 13.3. The van der Waals surface area contributed by atoms with Gasteiger partial charge in [-0.3, -0.25) is 4.79 Å². The molecule has 0 saturated heterocycles. The average molecular weight is 390 g/mol. The molecule has 0 amide bonds. The zero-order valence-corrected chi connectivity index (χ0v) is 15.7. The molecule has 0 aliphatic heterocycles. The van der Waals surface area contributed by atoms with E-state index in [0.717, 1.165) is 27.0 Å². The molecule has 3 aromatic rings. The van der Waals surface area contributed by atoms with Crippen molar-refractivity contribution in [1.82, 2.24) is 4.98 Å². The molecule has 0 saturated carbocycles. The van der Waals surface area contributed by atoms with Crippen LogP contribution in [0, 0.1) is 0 Å². The predicted octanol–water partition coefficient (Wildman–Crippen LogP) is 3.50. The summed E-state index contributed by atoms with van der Waals surface area (Å²) in [7, 11) is 0. The van der Waals surface area contributed by atoms with Gasteiger partial charge in [0.2, 0.25) is 0 Å². The number of aromatic nitrogens is 1. The average Bonchev–Trinajstić information content (AvgIpc) is 2.91. The van der Waals surface area contributed by atoms with Gasteiger partial charge in [0.25, 0.3) is 5.56 Å². The molecule has 3 rings (SSSR count). The first-order valence-corrected chi connectivity index (χ1v) is 9.79. The highest BCUT2D eigenvalue weighted by Crippen LogP contribution is 2.21. The van der Waals surface area contributed by atoms with E-state index >= 15 is 0 Å². The molecule has 0 unspecified atom stereocenters. The van der Waals surface area contributed by atoms with E-state index in [9.17, 15) is 4.79 Å². The lowest BCUT2D eigenvalue weighted by atomic mass is 10.2. The Morgan fingerprint density at radius 3 is 2.76 bits per heavy atom. The van der Waals surface area contributed by atoms with E-state index in [-0.39, 0.29) is 5.56 Å². The molecule has 3 nitrogen and oxygen atoms in total. The minimum Gasteiger partial charge on any atom is -0.493 e. The molecule has 0 radical (unpaired) electrons. The number of H-pyrrole nitrogens is 1. The third kappa shape index (κ3) is 5.26. The number of ether oxygens (including phenoxy) is 1. The van der Waals surface area contributed by atoms with Crippen molar-refractivity contribution in [3.8, 4) is 5.75 Å². The van der Waals surface area contributed by atoms with Crippen LogP contribution in [0.15, 0.2) is 58.2 Å². The van der Waals surface area contributed by atoms with Crippen molar-refractivity contribution in [2.24, 2.45) is 0 Å². The van der Waals surface area contributed by atoms with E-state index in [1.54, 1.807) is 11.8 Å². The number of rotatable bonds is 6. The Labute approximate surface area is 158 Å². The van der Waals surface area contributed by atoms with E-state index in [2.05, 4.69) is 11.6 Å². The molecule has 2 aromatic carbocycles. The number of halogens is 1. The zero-order chi connectivity index (χ0) is 17.6. The first kappa shape index (κ1) is 17.9. The smallest absolute Gasteiger partial charge is 0.266 e. The monoisotopic (exact) mass is 389 g/mol. The highest BCUT2D eigenvalue weighted by atomic mass is 35.5. The minimum atomic E-state index is -0.110. The molecule has 0 atom stereocenters. The fraction of sp³-hybridized carbons (Fsp3) is 0.105. The van der Waals surface area contributed by atoms with Gasteiger partial charge in [0.15, 0.2) is 0 Å². The second-order valence-corrected chi connectivity index (χ2v) is 7.95. The number of benzene rings is 2. The molecule has 0 fully saturated rings. The Balaban J connectivity index is 1.59. The number of thiazole rings is 1. The number of hydrogen-bond donors (Lipinski definition) is 1. The van der Waals surface area contributed by atoms with Gasteiger partial charge >= 0.3 is 0 Å². The van der Waals surface area contributed by atoms with Gasteiger partial charge < -0.3 is 9.72 Å². The fourth-order valence-electron chi connectivity index (χ4n) is 2.18. The lowest BCUT2D eigenvalue weighted by Gasteiger charge is -2.07. The van der Waals surface area contributed by atoms with Gasteiger partial charge in [-0.25, -0.2) is 0 Å². The van der Waals surface area contributed by atoms with Crippen LogP contribution in [0.4, 0.5) is 0 Å². The first-order chi connectivity index (χ1) is 12.1. The Morgan fingerprint density at radius 2 is 2.04 bits per heavy atom. The molecule has 1 aromatic heterocycles. The van der Waals surface area contributed by atoms with E-state index in [0.29, 0.717) is 15.8 Å². The number of hydrogen-bond acceptors (Lipinski definition) is 4. The van der Waals surface area contributed by atoms with Gasteiger partial charge in [-0.15, -0.1) is 23.1 Å². The van der Waals surface area contributed by atoms with E-state index < -0.39 is 0 Å². The summed E-state index contributed by atoms with van der Waals surface area (Å²) in [6.07, 6.45) is 1.84. The second kappa shape index (κ2) is 8.43. The lowest BCUT2D eigenvalue weighted by Crippen LogP contribution is -2.19. The molecule has 1 heterocycles. The fourth-order valence-corrected chi connectivity index (χ4v) is 3.79. The molecule has 0 aliphatic rings. The van der Waals surface area contributed by atoms with Crippen LogP contribution in [0.1, 0.15) is 5.56 Å². The number of aromatic amines is 1. The van der Waals surface area contributed by atoms with Crippen molar-refractivity contribution in [2.45, 2.75) is 4.90 Å². The van der Waals surface area contributed by atoms with Crippen molar-refractivity contribution in [3.63, 3.8) is 0 Å². The second-order valence-electron chi connectivity index (χ2n) is 5.21. The summed E-state index contributed by atoms with van der Waals surface area (Å²) in [4.78, 5) is 15.6. The summed E-state index contributed by atoms with van der Waals surface area (Å²) < 4.78 is 7.10. The van der Waals surface area contributed by atoms with E-state index in [1.807, 2.05) is 54.6 Å². The minimum absolute atomic E-state index is 0.110. The molecule has 128 valence electrons. The van der Waals surface area contributed by atoms with Gasteiger partial charge in [0, 0.05) is 15.7 Å². The lowest BCUT2D eigenvalue weighted by molar-refractivity contribution is 0.344. The van der Waals surface area contributed by atoms with E-state index in [4.69, 9.17) is 16.3 Å². The van der Waals surface area contributed by atoms with Crippen LogP contribution in [0.5, 0.6) is 5.75 Å². The van der Waals surface area contributed by atoms with Gasteiger partial charge in [-0.05, 0) is 48.0 Å². The Hall–Kier alpha value is -1.95. The number of nitrogens with one attached hydrogen (secondary N) is 1. The van der Waals surface area contributed by atoms with Crippen LogP contribution < -0.4 is 19.5 Å². The largest absolute Gasteiger partial charge is 0.493 e. The van der Waals surface area contributed by atoms with Crippen LogP contribution in [-0.4, -0.2) is 17.3 Å². The Morgan fingerprint density at radius 1 is 1.24 bits per heavy atom. The molecule has 1 N–H and O–H groups in total. The van der Waals surface area contributed by atoms with Gasteiger partial charge in [0.1, 0.15) is 5.75 Å². The maximum atomic E-state index is 11.7. The molecule has 0 aliphatic carbocycles. The quantitative estimate of drug-likeness (QED) is 0.518. The van der Waals surface area contributed by atoms with Crippen molar-refractivity contribution < 1.29 is 4.74 Å². The van der Waals surface area contributed by atoms with Crippen LogP contribution in [-0.2, 0) is 0 Å². The summed E-state index contributed by atoms with van der Waals surface area (Å²) in [6, 6.07) is 15.5. The standard InChI is InChI=1S/C19H16ClNO2S2/c1-13-21-19(22)18(25-13)12-14-3-2-4-16(11-14)23-9-10-24-17-7-5-15(20)6-8-17/h2-8,11-12H,1,9-10H2,(H,21,22). The number of thioether (sulfide) groups is 1. The van der Waals surface area contributed by atoms with Crippen molar-refractivity contribution >= 4 is 47.4 Å². The van der Waals surface area contributed by atoms with Crippen LogP contribution in [0.3, 0.4) is 0 Å². The maximum Gasteiger partial charge on any atom is 0.266 e. The third-order valence-electron chi connectivity index (χ3n) is 3.30. The summed E-state index contributed by atoms with van der Waals surface area (Å²) in [5.74, 6) is 1.62. The van der Waals surface area contributed by atoms with E-state index in [1.165, 1.54) is 11.3 Å². The first-order valence-electron chi connectivity index (χ1n) is 7.61. The molecular formula is C19H16ClNO2S2. The molecule has 25 heavy (non-hydrogen) atoms. The molecule has 6 heteroatoms. The van der Waals surface area contributed by atoms with Crippen molar-refractivity contribution in [2.75, 3.05) is 12.4 Å². The molecular weight excluding hydrogens is 374 g/mol. The van der Waals surface area contributed by atoms with Crippen LogP contribution in [0.2, 0.25) is 5.02 Å². The summed E-state index contributed by atoms with van der Waals surface area (Å²) in [5, 5.41) is 0.740. The normalized spacial score (nSPS) is 11.6. The topological polar surface area (TPSA) is 42.1 Å². The van der Waals surface area contributed by atoms with Gasteiger partial charge in [0.05, 0.1) is 15.8 Å².